The first-order chi connectivity index (χ1) is 14.2. The van der Waals surface area contributed by atoms with Crippen LogP contribution in [0.3, 0.4) is 0 Å². The van der Waals surface area contributed by atoms with Crippen molar-refractivity contribution in [3.05, 3.63) is 76.6 Å². The van der Waals surface area contributed by atoms with Gasteiger partial charge < -0.3 is 4.74 Å². The molecule has 0 spiro atoms. The van der Waals surface area contributed by atoms with E-state index in [1.165, 1.54) is 13.0 Å². The molecule has 0 radical (unpaired) electrons. The second-order valence-corrected chi connectivity index (χ2v) is 7.81. The maximum absolute atomic E-state index is 14.5. The molecule has 162 valence electrons. The number of aryl methyl sites for hydroxylation is 1. The number of rotatable bonds is 6. The van der Waals surface area contributed by atoms with Gasteiger partial charge in [0.2, 0.25) is 0 Å². The molecule has 0 aromatic heterocycles. The third-order valence-electron chi connectivity index (χ3n) is 5.67. The van der Waals surface area contributed by atoms with Crippen LogP contribution in [-0.2, 0) is 6.11 Å². The molecule has 1 aliphatic carbocycles. The minimum absolute atomic E-state index is 0.109. The summed E-state index contributed by atoms with van der Waals surface area (Å²) in [5, 5.41) is 0. The summed E-state index contributed by atoms with van der Waals surface area (Å²) in [6.07, 6.45) is 4.93. The maximum atomic E-state index is 14.5. The molecule has 0 atom stereocenters. The van der Waals surface area contributed by atoms with Crippen LogP contribution in [0.2, 0.25) is 0 Å². The van der Waals surface area contributed by atoms with Crippen LogP contribution in [0.1, 0.15) is 61.6 Å². The first-order valence-electron chi connectivity index (χ1n) is 10.2. The van der Waals surface area contributed by atoms with Gasteiger partial charge >= 0.3 is 6.11 Å². The molecule has 2 aromatic carbocycles. The van der Waals surface area contributed by atoms with Gasteiger partial charge in [0.1, 0.15) is 5.56 Å². The number of hydrogen-bond acceptors (Lipinski definition) is 1. The molecular weight excluding hydrogens is 399 g/mol. The zero-order valence-electron chi connectivity index (χ0n) is 17.0. The topological polar surface area (TPSA) is 9.23 Å². The van der Waals surface area contributed by atoms with Crippen LogP contribution in [0.5, 0.6) is 5.75 Å². The lowest BCUT2D eigenvalue weighted by Crippen LogP contribution is -2.24. The van der Waals surface area contributed by atoms with Gasteiger partial charge in [-0.3, -0.25) is 0 Å². The third-order valence-corrected chi connectivity index (χ3v) is 5.67. The van der Waals surface area contributed by atoms with Crippen LogP contribution in [0, 0.1) is 30.3 Å². The van der Waals surface area contributed by atoms with E-state index >= 15 is 0 Å². The third kappa shape index (κ3) is 4.85. The van der Waals surface area contributed by atoms with Crippen molar-refractivity contribution in [3.8, 4) is 5.75 Å². The van der Waals surface area contributed by atoms with Crippen LogP contribution in [-0.4, -0.2) is 0 Å². The summed E-state index contributed by atoms with van der Waals surface area (Å²) >= 11 is 0. The van der Waals surface area contributed by atoms with Crippen LogP contribution < -0.4 is 4.74 Å². The van der Waals surface area contributed by atoms with Gasteiger partial charge in [0.25, 0.3) is 0 Å². The predicted octanol–water partition coefficient (Wildman–Crippen LogP) is 7.78. The van der Waals surface area contributed by atoms with E-state index in [0.717, 1.165) is 55.9 Å². The molecule has 2 aromatic rings. The van der Waals surface area contributed by atoms with E-state index < -0.39 is 34.9 Å². The van der Waals surface area contributed by atoms with E-state index in [-0.39, 0.29) is 11.5 Å². The molecule has 0 bridgehead atoms. The molecule has 1 saturated carbocycles. The average Bonchev–Trinajstić information content (AvgIpc) is 2.72. The van der Waals surface area contributed by atoms with E-state index in [1.807, 2.05) is 0 Å². The van der Waals surface area contributed by atoms with Crippen LogP contribution in [0.4, 0.5) is 22.0 Å². The SMILES string of the molecule is CC/C=C/C1CCC(c2ccc(OC(F)(F)c3ccc(C)c(F)c3F)c(F)c2)CC1. The van der Waals surface area contributed by atoms with Crippen molar-refractivity contribution < 1.29 is 26.7 Å². The highest BCUT2D eigenvalue weighted by Crippen LogP contribution is 2.39. The molecule has 0 amide bonds. The van der Waals surface area contributed by atoms with Gasteiger partial charge in [0.05, 0.1) is 0 Å². The summed E-state index contributed by atoms with van der Waals surface area (Å²) in [6.45, 7) is 3.34. The predicted molar refractivity (Wildman–Crippen MR) is 106 cm³/mol. The Balaban J connectivity index is 1.73. The molecule has 6 heteroatoms. The van der Waals surface area contributed by atoms with Crippen molar-refractivity contribution in [2.45, 2.75) is 58.0 Å². The average molecular weight is 424 g/mol. The van der Waals surface area contributed by atoms with E-state index in [4.69, 9.17) is 0 Å². The normalized spacial score (nSPS) is 20.0. The smallest absolute Gasteiger partial charge is 0.426 e. The van der Waals surface area contributed by atoms with Crippen molar-refractivity contribution in [1.29, 1.82) is 0 Å². The van der Waals surface area contributed by atoms with Crippen molar-refractivity contribution in [2.24, 2.45) is 5.92 Å². The zero-order valence-corrected chi connectivity index (χ0v) is 17.0. The van der Waals surface area contributed by atoms with Gasteiger partial charge in [0, 0.05) is 0 Å². The van der Waals surface area contributed by atoms with Crippen LogP contribution in [0.15, 0.2) is 42.5 Å². The van der Waals surface area contributed by atoms with Crippen LogP contribution >= 0.6 is 0 Å². The second kappa shape index (κ2) is 9.19. The van der Waals surface area contributed by atoms with Crippen molar-refractivity contribution in [3.63, 3.8) is 0 Å². The summed E-state index contributed by atoms with van der Waals surface area (Å²) < 4.78 is 75.4. The first-order valence-corrected chi connectivity index (χ1v) is 10.2. The molecule has 0 N–H and O–H groups in total. The highest BCUT2D eigenvalue weighted by molar-refractivity contribution is 5.34. The number of halogens is 5. The number of benzene rings is 2. The fourth-order valence-electron chi connectivity index (χ4n) is 3.89. The van der Waals surface area contributed by atoms with Gasteiger partial charge in [-0.05, 0) is 80.2 Å². The molecule has 0 heterocycles. The number of hydrogen-bond donors (Lipinski definition) is 0. The van der Waals surface area contributed by atoms with E-state index in [2.05, 4.69) is 23.8 Å². The molecule has 1 fully saturated rings. The number of ether oxygens (including phenoxy) is 1. The Hall–Kier alpha value is -2.37. The van der Waals surface area contributed by atoms with Crippen molar-refractivity contribution in [2.75, 3.05) is 0 Å². The lowest BCUT2D eigenvalue weighted by Gasteiger charge is -2.27. The summed E-state index contributed by atoms with van der Waals surface area (Å²) in [4.78, 5) is 0. The molecule has 1 aliphatic rings. The van der Waals surface area contributed by atoms with Gasteiger partial charge in [-0.25, -0.2) is 13.2 Å². The Bertz CT molecular complexity index is 914. The quantitative estimate of drug-likeness (QED) is 0.340. The molecule has 0 unspecified atom stereocenters. The molecular formula is C24H25F5O. The van der Waals surface area contributed by atoms with E-state index in [9.17, 15) is 22.0 Å². The Morgan fingerprint density at radius 1 is 1.00 bits per heavy atom. The molecule has 3 rings (SSSR count). The Morgan fingerprint density at radius 2 is 1.70 bits per heavy atom. The fourth-order valence-corrected chi connectivity index (χ4v) is 3.89. The monoisotopic (exact) mass is 424 g/mol. The summed E-state index contributed by atoms with van der Waals surface area (Å²) in [6, 6.07) is 5.66. The highest BCUT2D eigenvalue weighted by Gasteiger charge is 2.40. The largest absolute Gasteiger partial charge is 0.429 e. The Kier molecular flexibility index (Phi) is 6.84. The van der Waals surface area contributed by atoms with E-state index in [1.54, 1.807) is 6.07 Å². The standard InChI is InChI=1S/C24H25F5O/c1-3-4-5-16-7-9-17(10-8-16)18-11-13-21(20(25)14-18)30-24(28,29)19-12-6-15(2)22(26)23(19)27/h4-6,11-14,16-17H,3,7-10H2,1-2H3/b5-4+. The minimum atomic E-state index is -4.22. The van der Waals surface area contributed by atoms with Gasteiger partial charge in [-0.2, -0.15) is 8.78 Å². The van der Waals surface area contributed by atoms with Gasteiger partial charge in [-0.1, -0.05) is 31.2 Å². The summed E-state index contributed by atoms with van der Waals surface area (Å²) in [7, 11) is 0. The van der Waals surface area contributed by atoms with Crippen molar-refractivity contribution >= 4 is 0 Å². The second-order valence-electron chi connectivity index (χ2n) is 7.81. The summed E-state index contributed by atoms with van der Waals surface area (Å²) in [5.74, 6) is -4.06. The maximum Gasteiger partial charge on any atom is 0.429 e. The highest BCUT2D eigenvalue weighted by atomic mass is 19.3. The zero-order chi connectivity index (χ0) is 21.9. The molecule has 0 saturated heterocycles. The van der Waals surface area contributed by atoms with Crippen molar-refractivity contribution in [1.82, 2.24) is 0 Å². The molecule has 0 aliphatic heterocycles. The Labute approximate surface area is 173 Å². The van der Waals surface area contributed by atoms with Crippen LogP contribution in [0.25, 0.3) is 0 Å². The fraction of sp³-hybridized carbons (Fsp3) is 0.417. The molecule has 1 nitrogen and oxygen atoms in total. The van der Waals surface area contributed by atoms with E-state index in [0.29, 0.717) is 5.92 Å². The Morgan fingerprint density at radius 3 is 2.33 bits per heavy atom. The van der Waals surface area contributed by atoms with Gasteiger partial charge in [-0.15, -0.1) is 0 Å². The summed E-state index contributed by atoms with van der Waals surface area (Å²) in [5.41, 5.74) is -0.649. The molecule has 30 heavy (non-hydrogen) atoms. The lowest BCUT2D eigenvalue weighted by molar-refractivity contribution is -0.189. The first kappa shape index (κ1) is 22.3. The minimum Gasteiger partial charge on any atom is -0.426 e. The number of allylic oxidation sites excluding steroid dienone is 2. The lowest BCUT2D eigenvalue weighted by atomic mass is 9.78. The van der Waals surface area contributed by atoms with Gasteiger partial charge in [0.15, 0.2) is 23.2 Å². The number of alkyl halides is 2.